The van der Waals surface area contributed by atoms with E-state index in [0.717, 1.165) is 11.1 Å². The van der Waals surface area contributed by atoms with Gasteiger partial charge in [0.05, 0.1) is 11.6 Å². The first-order chi connectivity index (χ1) is 10.3. The van der Waals surface area contributed by atoms with Gasteiger partial charge in [-0.05, 0) is 35.9 Å². The van der Waals surface area contributed by atoms with Crippen LogP contribution < -0.4 is 0 Å². The lowest BCUT2D eigenvalue weighted by Gasteiger charge is -1.92. The van der Waals surface area contributed by atoms with Gasteiger partial charge in [-0.15, -0.1) is 0 Å². The van der Waals surface area contributed by atoms with Crippen molar-refractivity contribution in [3.63, 3.8) is 0 Å². The maximum atomic E-state index is 8.77. The first-order valence-electron chi connectivity index (χ1n) is 6.42. The molecule has 0 spiro atoms. The van der Waals surface area contributed by atoms with E-state index in [9.17, 15) is 0 Å². The summed E-state index contributed by atoms with van der Waals surface area (Å²) in [7, 11) is 0. The molecule has 0 aliphatic carbocycles. The summed E-state index contributed by atoms with van der Waals surface area (Å²) in [5, 5.41) is 12.7. The van der Waals surface area contributed by atoms with Gasteiger partial charge in [-0.3, -0.25) is 0 Å². The van der Waals surface area contributed by atoms with Crippen LogP contribution in [0.1, 0.15) is 17.0 Å². The number of nitriles is 1. The molecule has 21 heavy (non-hydrogen) atoms. The predicted molar refractivity (Wildman–Crippen MR) is 79.8 cm³/mol. The topological polar surface area (TPSA) is 62.7 Å². The highest BCUT2D eigenvalue weighted by Gasteiger charge is 2.06. The Morgan fingerprint density at radius 2 is 1.71 bits per heavy atom. The van der Waals surface area contributed by atoms with E-state index in [1.807, 2.05) is 36.4 Å². The van der Waals surface area contributed by atoms with Gasteiger partial charge in [0.25, 0.3) is 5.89 Å². The highest BCUT2D eigenvalue weighted by Crippen LogP contribution is 2.18. The van der Waals surface area contributed by atoms with Crippen LogP contribution in [0.3, 0.4) is 0 Å². The van der Waals surface area contributed by atoms with Crippen molar-refractivity contribution in [1.82, 2.24) is 10.1 Å². The molecule has 3 aromatic rings. The van der Waals surface area contributed by atoms with Gasteiger partial charge >= 0.3 is 0 Å². The smallest absolute Gasteiger partial charge is 0.258 e. The van der Waals surface area contributed by atoms with E-state index in [4.69, 9.17) is 9.78 Å². The van der Waals surface area contributed by atoms with Crippen molar-refractivity contribution in [3.05, 3.63) is 71.5 Å². The van der Waals surface area contributed by atoms with E-state index >= 15 is 0 Å². The quantitative estimate of drug-likeness (QED) is 0.728. The molecule has 1 aromatic heterocycles. The molecule has 0 saturated heterocycles. The van der Waals surface area contributed by atoms with E-state index < -0.39 is 0 Å². The van der Waals surface area contributed by atoms with Crippen molar-refractivity contribution < 1.29 is 4.52 Å². The first-order valence-corrected chi connectivity index (χ1v) is 6.42. The highest BCUT2D eigenvalue weighted by molar-refractivity contribution is 5.67. The second-order valence-corrected chi connectivity index (χ2v) is 4.39. The molecule has 0 aliphatic heterocycles. The molecule has 0 bridgehead atoms. The molecule has 2 aromatic carbocycles. The molecule has 0 saturated carbocycles. The Hall–Kier alpha value is -3.19. The van der Waals surface area contributed by atoms with Crippen LogP contribution >= 0.6 is 0 Å². The molecular weight excluding hydrogens is 262 g/mol. The van der Waals surface area contributed by atoms with E-state index in [2.05, 4.69) is 16.2 Å². The lowest BCUT2D eigenvalue weighted by atomic mass is 10.1. The second-order valence-electron chi connectivity index (χ2n) is 4.39. The van der Waals surface area contributed by atoms with Gasteiger partial charge in [0.2, 0.25) is 0 Å². The summed E-state index contributed by atoms with van der Waals surface area (Å²) >= 11 is 0. The van der Waals surface area contributed by atoms with Crippen LogP contribution in [-0.4, -0.2) is 10.1 Å². The molecule has 0 fully saturated rings. The van der Waals surface area contributed by atoms with Gasteiger partial charge in [-0.2, -0.15) is 10.2 Å². The first kappa shape index (κ1) is 12.8. The van der Waals surface area contributed by atoms with Gasteiger partial charge in [-0.1, -0.05) is 41.6 Å². The summed E-state index contributed by atoms with van der Waals surface area (Å²) in [6.07, 6.45) is 3.72. The maximum Gasteiger partial charge on any atom is 0.258 e. The van der Waals surface area contributed by atoms with Crippen molar-refractivity contribution >= 4 is 12.2 Å². The zero-order chi connectivity index (χ0) is 14.5. The average Bonchev–Trinajstić information content (AvgIpc) is 3.03. The Bertz CT molecular complexity index is 796. The van der Waals surface area contributed by atoms with Crippen molar-refractivity contribution in [2.24, 2.45) is 0 Å². The summed E-state index contributed by atoms with van der Waals surface area (Å²) in [5.74, 6) is 0.949. The fourth-order valence-corrected chi connectivity index (χ4v) is 1.84. The van der Waals surface area contributed by atoms with Crippen LogP contribution in [-0.2, 0) is 0 Å². The van der Waals surface area contributed by atoms with Crippen molar-refractivity contribution in [2.75, 3.05) is 0 Å². The third kappa shape index (κ3) is 3.04. The molecule has 0 unspecified atom stereocenters. The zero-order valence-electron chi connectivity index (χ0n) is 11.1. The summed E-state index contributed by atoms with van der Waals surface area (Å²) in [6, 6.07) is 19.0. The van der Waals surface area contributed by atoms with Gasteiger partial charge in [0.15, 0.2) is 5.82 Å². The van der Waals surface area contributed by atoms with Gasteiger partial charge in [0, 0.05) is 5.56 Å². The lowest BCUT2D eigenvalue weighted by Crippen LogP contribution is -1.79. The van der Waals surface area contributed by atoms with Crippen molar-refractivity contribution in [1.29, 1.82) is 5.26 Å². The molecule has 1 heterocycles. The summed E-state index contributed by atoms with van der Waals surface area (Å²) in [4.78, 5) is 4.30. The molecule has 100 valence electrons. The third-order valence-electron chi connectivity index (χ3n) is 2.93. The van der Waals surface area contributed by atoms with Crippen LogP contribution in [0.4, 0.5) is 0 Å². The molecule has 3 rings (SSSR count). The predicted octanol–water partition coefficient (Wildman–Crippen LogP) is 3.78. The SMILES string of the molecule is N#Cc1ccc(-c2nc(/C=C/c3ccccc3)no2)cc1. The minimum atomic E-state index is 0.437. The van der Waals surface area contributed by atoms with Gasteiger partial charge in [0.1, 0.15) is 0 Å². The largest absolute Gasteiger partial charge is 0.334 e. The monoisotopic (exact) mass is 273 g/mol. The van der Waals surface area contributed by atoms with Crippen LogP contribution in [0, 0.1) is 11.3 Å². The van der Waals surface area contributed by atoms with Crippen LogP contribution in [0.15, 0.2) is 59.1 Å². The van der Waals surface area contributed by atoms with Gasteiger partial charge < -0.3 is 4.52 Å². The summed E-state index contributed by atoms with van der Waals surface area (Å²) in [6.45, 7) is 0. The molecule has 0 radical (unpaired) electrons. The van der Waals surface area contributed by atoms with Crippen LogP contribution in [0.5, 0.6) is 0 Å². The normalized spacial score (nSPS) is 10.6. The van der Waals surface area contributed by atoms with Crippen molar-refractivity contribution in [3.8, 4) is 17.5 Å². The maximum absolute atomic E-state index is 8.77. The average molecular weight is 273 g/mol. The Kier molecular flexibility index (Phi) is 3.57. The number of hydrogen-bond donors (Lipinski definition) is 0. The molecular formula is C17H11N3O. The fourth-order valence-electron chi connectivity index (χ4n) is 1.84. The van der Waals surface area contributed by atoms with E-state index in [0.29, 0.717) is 17.3 Å². The molecule has 0 atom stereocenters. The second kappa shape index (κ2) is 5.85. The Balaban J connectivity index is 1.80. The lowest BCUT2D eigenvalue weighted by molar-refractivity contribution is 0.429. The number of benzene rings is 2. The van der Waals surface area contributed by atoms with Crippen LogP contribution in [0.25, 0.3) is 23.6 Å². The highest BCUT2D eigenvalue weighted by atomic mass is 16.5. The minimum Gasteiger partial charge on any atom is -0.334 e. The zero-order valence-corrected chi connectivity index (χ0v) is 11.1. The van der Waals surface area contributed by atoms with Gasteiger partial charge in [-0.25, -0.2) is 0 Å². The number of hydrogen-bond acceptors (Lipinski definition) is 4. The van der Waals surface area contributed by atoms with Crippen molar-refractivity contribution in [2.45, 2.75) is 0 Å². The van der Waals surface area contributed by atoms with E-state index in [-0.39, 0.29) is 0 Å². The number of nitrogens with zero attached hydrogens (tertiary/aromatic N) is 3. The molecule has 0 aliphatic rings. The number of aromatic nitrogens is 2. The molecule has 0 amide bonds. The summed E-state index contributed by atoms with van der Waals surface area (Å²) in [5.41, 5.74) is 2.46. The van der Waals surface area contributed by atoms with E-state index in [1.54, 1.807) is 30.3 Å². The molecule has 4 nitrogen and oxygen atoms in total. The fraction of sp³-hybridized carbons (Fsp3) is 0. The molecule has 4 heteroatoms. The Morgan fingerprint density at radius 3 is 2.43 bits per heavy atom. The minimum absolute atomic E-state index is 0.437. The number of rotatable bonds is 3. The Morgan fingerprint density at radius 1 is 0.952 bits per heavy atom. The Labute approximate surface area is 122 Å². The van der Waals surface area contributed by atoms with Crippen LogP contribution in [0.2, 0.25) is 0 Å². The molecule has 0 N–H and O–H groups in total. The standard InChI is InChI=1S/C17H11N3O/c18-12-14-6-9-15(10-7-14)17-19-16(20-21-17)11-8-13-4-2-1-3-5-13/h1-11H/b11-8+. The third-order valence-corrected chi connectivity index (χ3v) is 2.93. The summed E-state index contributed by atoms with van der Waals surface area (Å²) < 4.78 is 5.22. The van der Waals surface area contributed by atoms with E-state index in [1.165, 1.54) is 0 Å².